The average molecular weight is 245 g/mol. The maximum atomic E-state index is 5.14. The van der Waals surface area contributed by atoms with Crippen molar-refractivity contribution in [2.45, 2.75) is 25.3 Å². The maximum absolute atomic E-state index is 5.14. The van der Waals surface area contributed by atoms with Crippen molar-refractivity contribution in [3.05, 3.63) is 35.7 Å². The van der Waals surface area contributed by atoms with E-state index in [1.54, 1.807) is 7.11 Å². The summed E-state index contributed by atoms with van der Waals surface area (Å²) in [7, 11) is 1.66. The minimum atomic E-state index is 0.493. The maximum Gasteiger partial charge on any atom is 0.321 e. The van der Waals surface area contributed by atoms with E-state index in [1.165, 1.54) is 12.8 Å². The van der Waals surface area contributed by atoms with Gasteiger partial charge in [0.15, 0.2) is 5.82 Å². The van der Waals surface area contributed by atoms with Crippen molar-refractivity contribution < 1.29 is 9.26 Å². The molecule has 5 heteroatoms. The van der Waals surface area contributed by atoms with E-state index in [9.17, 15) is 0 Å². The highest BCUT2D eigenvalue weighted by atomic mass is 16.5. The van der Waals surface area contributed by atoms with Crippen LogP contribution in [0.4, 0.5) is 6.01 Å². The van der Waals surface area contributed by atoms with Crippen molar-refractivity contribution >= 4 is 6.01 Å². The first-order valence-electron chi connectivity index (χ1n) is 6.05. The number of anilines is 1. The fourth-order valence-electron chi connectivity index (χ4n) is 1.74. The van der Waals surface area contributed by atoms with E-state index in [0.29, 0.717) is 18.5 Å². The van der Waals surface area contributed by atoms with E-state index in [4.69, 9.17) is 9.26 Å². The van der Waals surface area contributed by atoms with E-state index in [2.05, 4.69) is 15.5 Å². The summed E-state index contributed by atoms with van der Waals surface area (Å²) in [4.78, 5) is 4.31. The van der Waals surface area contributed by atoms with Gasteiger partial charge in [0.2, 0.25) is 0 Å². The van der Waals surface area contributed by atoms with Crippen LogP contribution in [-0.2, 0) is 6.54 Å². The summed E-state index contributed by atoms with van der Waals surface area (Å²) in [6, 6.07) is 8.36. The van der Waals surface area contributed by atoms with Crippen molar-refractivity contribution in [3.8, 4) is 5.75 Å². The third kappa shape index (κ3) is 2.45. The second-order valence-electron chi connectivity index (χ2n) is 4.43. The molecule has 2 aromatic rings. The lowest BCUT2D eigenvalue weighted by molar-refractivity contribution is 0.414. The Labute approximate surface area is 105 Å². The molecule has 0 amide bonds. The molecule has 0 spiro atoms. The lowest BCUT2D eigenvalue weighted by atomic mass is 10.2. The summed E-state index contributed by atoms with van der Waals surface area (Å²) in [5.74, 6) is 2.20. The number of hydrogen-bond acceptors (Lipinski definition) is 5. The molecule has 0 unspecified atom stereocenters. The van der Waals surface area contributed by atoms with Crippen LogP contribution in [0.25, 0.3) is 0 Å². The van der Waals surface area contributed by atoms with Crippen LogP contribution in [0.3, 0.4) is 0 Å². The highest BCUT2D eigenvalue weighted by Crippen LogP contribution is 2.38. The van der Waals surface area contributed by atoms with Gasteiger partial charge in [0.1, 0.15) is 5.75 Å². The zero-order chi connectivity index (χ0) is 12.4. The Balaban J connectivity index is 1.58. The van der Waals surface area contributed by atoms with Gasteiger partial charge in [0.25, 0.3) is 0 Å². The smallest absolute Gasteiger partial charge is 0.321 e. The number of nitrogens with one attached hydrogen (secondary N) is 1. The Bertz CT molecular complexity index is 517. The molecule has 18 heavy (non-hydrogen) atoms. The third-order valence-electron chi connectivity index (χ3n) is 2.99. The van der Waals surface area contributed by atoms with Crippen molar-refractivity contribution in [3.63, 3.8) is 0 Å². The van der Waals surface area contributed by atoms with Gasteiger partial charge in [-0.2, -0.15) is 4.98 Å². The largest absolute Gasteiger partial charge is 0.497 e. The number of ether oxygens (including phenoxy) is 1. The van der Waals surface area contributed by atoms with Crippen LogP contribution in [-0.4, -0.2) is 17.3 Å². The van der Waals surface area contributed by atoms with Gasteiger partial charge in [0, 0.05) is 12.5 Å². The second-order valence-corrected chi connectivity index (χ2v) is 4.43. The molecule has 5 nitrogen and oxygen atoms in total. The normalized spacial score (nSPS) is 14.5. The predicted molar refractivity (Wildman–Crippen MR) is 66.6 cm³/mol. The van der Waals surface area contributed by atoms with Gasteiger partial charge in [-0.1, -0.05) is 17.3 Å². The highest BCUT2D eigenvalue weighted by molar-refractivity contribution is 5.30. The molecule has 0 aliphatic heterocycles. The van der Waals surface area contributed by atoms with Crippen molar-refractivity contribution in [2.75, 3.05) is 12.4 Å². The summed E-state index contributed by atoms with van der Waals surface area (Å²) < 4.78 is 10.2. The topological polar surface area (TPSA) is 60.2 Å². The Morgan fingerprint density at radius 1 is 1.33 bits per heavy atom. The quantitative estimate of drug-likeness (QED) is 0.877. The third-order valence-corrected chi connectivity index (χ3v) is 2.99. The number of nitrogens with zero attached hydrogens (tertiary/aromatic N) is 2. The molecule has 1 aliphatic rings. The lowest BCUT2D eigenvalue weighted by Gasteiger charge is -2.03. The molecule has 1 heterocycles. The van der Waals surface area contributed by atoms with E-state index in [1.807, 2.05) is 24.3 Å². The minimum absolute atomic E-state index is 0.493. The van der Waals surface area contributed by atoms with Gasteiger partial charge in [-0.25, -0.2) is 0 Å². The Hall–Kier alpha value is -2.04. The summed E-state index contributed by atoms with van der Waals surface area (Å²) >= 11 is 0. The SMILES string of the molecule is COc1ccc(CNc2nc(C3CC3)no2)cc1. The second kappa shape index (κ2) is 4.68. The van der Waals surface area contributed by atoms with Gasteiger partial charge in [-0.05, 0) is 30.5 Å². The zero-order valence-corrected chi connectivity index (χ0v) is 10.2. The number of benzene rings is 1. The first-order chi connectivity index (χ1) is 8.85. The molecular weight excluding hydrogens is 230 g/mol. The predicted octanol–water partition coefficient (Wildman–Crippen LogP) is 2.57. The molecule has 1 aromatic heterocycles. The molecule has 1 N–H and O–H groups in total. The molecule has 3 rings (SSSR count). The Morgan fingerprint density at radius 3 is 2.78 bits per heavy atom. The molecular formula is C13H15N3O2. The van der Waals surface area contributed by atoms with Crippen molar-refractivity contribution in [1.29, 1.82) is 0 Å². The number of methoxy groups -OCH3 is 1. The van der Waals surface area contributed by atoms with Crippen LogP contribution in [0.5, 0.6) is 5.75 Å². The van der Waals surface area contributed by atoms with Crippen LogP contribution in [0, 0.1) is 0 Å². The summed E-state index contributed by atoms with van der Waals surface area (Å²) in [6.07, 6.45) is 2.36. The van der Waals surface area contributed by atoms with Crippen LogP contribution < -0.4 is 10.1 Å². The van der Waals surface area contributed by atoms with Crippen molar-refractivity contribution in [2.24, 2.45) is 0 Å². The number of rotatable bonds is 5. The fraction of sp³-hybridized carbons (Fsp3) is 0.385. The minimum Gasteiger partial charge on any atom is -0.497 e. The molecule has 1 saturated carbocycles. The first-order valence-corrected chi connectivity index (χ1v) is 6.05. The lowest BCUT2D eigenvalue weighted by Crippen LogP contribution is -1.99. The highest BCUT2D eigenvalue weighted by Gasteiger charge is 2.28. The molecule has 0 bridgehead atoms. The molecule has 1 fully saturated rings. The van der Waals surface area contributed by atoms with E-state index >= 15 is 0 Å². The molecule has 0 atom stereocenters. The van der Waals surface area contributed by atoms with Crippen LogP contribution >= 0.6 is 0 Å². The molecule has 1 aromatic carbocycles. The van der Waals surface area contributed by atoms with Crippen LogP contribution in [0.2, 0.25) is 0 Å². The van der Waals surface area contributed by atoms with E-state index in [0.717, 1.165) is 17.1 Å². The van der Waals surface area contributed by atoms with Crippen LogP contribution in [0.1, 0.15) is 30.1 Å². The average Bonchev–Trinajstić information content (AvgIpc) is 3.16. The summed E-state index contributed by atoms with van der Waals surface area (Å²) in [5, 5.41) is 7.07. The van der Waals surface area contributed by atoms with E-state index in [-0.39, 0.29) is 0 Å². The molecule has 0 radical (unpaired) electrons. The zero-order valence-electron chi connectivity index (χ0n) is 10.2. The Morgan fingerprint density at radius 2 is 2.11 bits per heavy atom. The molecule has 0 saturated heterocycles. The molecule has 1 aliphatic carbocycles. The summed E-state index contributed by atoms with van der Waals surface area (Å²) in [6.45, 7) is 0.663. The van der Waals surface area contributed by atoms with Gasteiger partial charge in [-0.15, -0.1) is 0 Å². The van der Waals surface area contributed by atoms with Crippen molar-refractivity contribution in [1.82, 2.24) is 10.1 Å². The summed E-state index contributed by atoms with van der Waals surface area (Å²) in [5.41, 5.74) is 1.14. The fourth-order valence-corrected chi connectivity index (χ4v) is 1.74. The van der Waals surface area contributed by atoms with Gasteiger partial charge >= 0.3 is 6.01 Å². The molecule has 94 valence electrons. The standard InChI is InChI=1S/C13H15N3O2/c1-17-11-6-2-9(3-7-11)8-14-13-15-12(16-18-13)10-4-5-10/h2-3,6-7,10H,4-5,8H2,1H3,(H,14,15,16). The first kappa shape index (κ1) is 11.1. The Kier molecular flexibility index (Phi) is 2.88. The van der Waals surface area contributed by atoms with E-state index < -0.39 is 0 Å². The van der Waals surface area contributed by atoms with Gasteiger partial charge in [0.05, 0.1) is 7.11 Å². The number of hydrogen-bond donors (Lipinski definition) is 1. The van der Waals surface area contributed by atoms with Gasteiger partial charge in [-0.3, -0.25) is 0 Å². The number of aromatic nitrogens is 2. The monoisotopic (exact) mass is 245 g/mol. The van der Waals surface area contributed by atoms with Gasteiger partial charge < -0.3 is 14.6 Å². The van der Waals surface area contributed by atoms with Crippen LogP contribution in [0.15, 0.2) is 28.8 Å².